The maximum atomic E-state index is 6.33. The first-order valence-corrected chi connectivity index (χ1v) is 18.6. The molecule has 0 amide bonds. The molecule has 2 nitrogen and oxygen atoms in total. The molecular formula is C42H31NOSi. The Morgan fingerprint density at radius 3 is 2.00 bits per heavy atom. The van der Waals surface area contributed by atoms with Crippen molar-refractivity contribution < 1.29 is 4.42 Å². The third-order valence-electron chi connectivity index (χ3n) is 9.63. The lowest BCUT2D eigenvalue weighted by Gasteiger charge is -2.28. The topological polar surface area (TPSA) is 16.4 Å². The number of rotatable bonds is 4. The Morgan fingerprint density at radius 2 is 1.16 bits per heavy atom. The van der Waals surface area contributed by atoms with E-state index in [9.17, 15) is 0 Å². The van der Waals surface area contributed by atoms with Gasteiger partial charge in [-0.05, 0) is 91.9 Å². The molecule has 0 fully saturated rings. The van der Waals surface area contributed by atoms with E-state index in [1.807, 2.05) is 0 Å². The third-order valence-corrected chi connectivity index (χ3v) is 13.2. The van der Waals surface area contributed by atoms with Crippen LogP contribution in [-0.4, -0.2) is 8.07 Å². The average Bonchev–Trinajstić information content (AvgIpc) is 3.57. The first-order chi connectivity index (χ1) is 22.1. The van der Waals surface area contributed by atoms with E-state index in [1.165, 1.54) is 59.9 Å². The number of anilines is 3. The molecule has 0 saturated heterocycles. The van der Waals surface area contributed by atoms with Crippen molar-refractivity contribution in [3.8, 4) is 22.3 Å². The SMILES string of the molecule is C[Si]1(C)c2cc(N(c3ccccc3)c3ccc(-c4cccc5ccccc45)cc3)ccc2-c2ccc3oc4ccccc4c3c21. The first-order valence-electron chi connectivity index (χ1n) is 15.6. The maximum Gasteiger partial charge on any atom is 0.135 e. The molecule has 0 saturated carbocycles. The highest BCUT2D eigenvalue weighted by Crippen LogP contribution is 2.41. The van der Waals surface area contributed by atoms with Gasteiger partial charge in [0.1, 0.15) is 19.2 Å². The number of nitrogens with zero attached hydrogens (tertiary/aromatic N) is 1. The molecule has 8 aromatic rings. The number of para-hydroxylation sites is 2. The van der Waals surface area contributed by atoms with Gasteiger partial charge in [-0.3, -0.25) is 0 Å². The van der Waals surface area contributed by atoms with E-state index >= 15 is 0 Å². The number of hydrogen-bond acceptors (Lipinski definition) is 2. The predicted molar refractivity (Wildman–Crippen MR) is 194 cm³/mol. The highest BCUT2D eigenvalue weighted by Gasteiger charge is 2.40. The zero-order valence-electron chi connectivity index (χ0n) is 25.3. The second kappa shape index (κ2) is 9.81. The van der Waals surface area contributed by atoms with Crippen molar-refractivity contribution >= 4 is 68.2 Å². The van der Waals surface area contributed by atoms with Crippen molar-refractivity contribution in [2.24, 2.45) is 0 Å². The van der Waals surface area contributed by atoms with Crippen LogP contribution < -0.4 is 15.3 Å². The van der Waals surface area contributed by atoms with Crippen molar-refractivity contribution in [2.75, 3.05) is 4.90 Å². The smallest absolute Gasteiger partial charge is 0.135 e. The summed E-state index contributed by atoms with van der Waals surface area (Å²) < 4.78 is 6.33. The van der Waals surface area contributed by atoms with Crippen LogP contribution in [0.5, 0.6) is 0 Å². The number of furan rings is 1. The summed E-state index contributed by atoms with van der Waals surface area (Å²) in [6.45, 7) is 4.99. The van der Waals surface area contributed by atoms with Crippen molar-refractivity contribution in [1.82, 2.24) is 0 Å². The van der Waals surface area contributed by atoms with E-state index in [0.717, 1.165) is 22.5 Å². The molecule has 1 aliphatic heterocycles. The van der Waals surface area contributed by atoms with Gasteiger partial charge in [0, 0.05) is 27.8 Å². The summed E-state index contributed by atoms with van der Waals surface area (Å²) in [6.07, 6.45) is 0. The van der Waals surface area contributed by atoms with Gasteiger partial charge in [0.2, 0.25) is 0 Å². The summed E-state index contributed by atoms with van der Waals surface area (Å²) in [6, 6.07) is 54.9. The molecule has 0 aliphatic carbocycles. The lowest BCUT2D eigenvalue weighted by molar-refractivity contribution is 0.669. The average molecular weight is 594 g/mol. The number of fused-ring (bicyclic) bond motifs is 8. The molecule has 0 bridgehead atoms. The fourth-order valence-corrected chi connectivity index (χ4v) is 11.0. The van der Waals surface area contributed by atoms with Crippen molar-refractivity contribution in [2.45, 2.75) is 13.1 Å². The molecular weight excluding hydrogens is 563 g/mol. The van der Waals surface area contributed by atoms with Gasteiger partial charge in [0.15, 0.2) is 0 Å². The van der Waals surface area contributed by atoms with E-state index in [-0.39, 0.29) is 0 Å². The summed E-state index contributed by atoms with van der Waals surface area (Å²) in [4.78, 5) is 2.39. The van der Waals surface area contributed by atoms with Crippen molar-refractivity contribution in [3.63, 3.8) is 0 Å². The van der Waals surface area contributed by atoms with Gasteiger partial charge in [-0.25, -0.2) is 0 Å². The van der Waals surface area contributed by atoms with E-state index in [0.29, 0.717) is 0 Å². The Balaban J connectivity index is 1.18. The first kappa shape index (κ1) is 26.1. The predicted octanol–water partition coefficient (Wildman–Crippen LogP) is 10.7. The Labute approximate surface area is 263 Å². The van der Waals surface area contributed by atoms with E-state index in [1.54, 1.807) is 0 Å². The van der Waals surface area contributed by atoms with Gasteiger partial charge in [0.25, 0.3) is 0 Å². The third kappa shape index (κ3) is 3.94. The minimum Gasteiger partial charge on any atom is -0.456 e. The van der Waals surface area contributed by atoms with Crippen LogP contribution >= 0.6 is 0 Å². The van der Waals surface area contributed by atoms with Gasteiger partial charge >= 0.3 is 0 Å². The summed E-state index contributed by atoms with van der Waals surface area (Å²) in [7, 11) is -2.07. The Hall–Kier alpha value is -5.38. The Kier molecular flexibility index (Phi) is 5.68. The number of hydrogen-bond donors (Lipinski definition) is 0. The molecule has 2 heterocycles. The lowest BCUT2D eigenvalue weighted by Crippen LogP contribution is -2.49. The molecule has 0 spiro atoms. The van der Waals surface area contributed by atoms with E-state index < -0.39 is 8.07 Å². The van der Waals surface area contributed by atoms with Crippen LogP contribution in [0.4, 0.5) is 17.1 Å². The highest BCUT2D eigenvalue weighted by molar-refractivity contribution is 7.05. The molecule has 3 heteroatoms. The molecule has 7 aromatic carbocycles. The van der Waals surface area contributed by atoms with Crippen LogP contribution in [0, 0.1) is 0 Å². The van der Waals surface area contributed by atoms with Gasteiger partial charge in [0.05, 0.1) is 0 Å². The van der Waals surface area contributed by atoms with Gasteiger partial charge in [-0.2, -0.15) is 0 Å². The molecule has 1 aliphatic rings. The van der Waals surface area contributed by atoms with Crippen molar-refractivity contribution in [3.05, 3.63) is 152 Å². The van der Waals surface area contributed by atoms with Crippen LogP contribution in [0.15, 0.2) is 156 Å². The van der Waals surface area contributed by atoms with Crippen LogP contribution in [0.2, 0.25) is 13.1 Å². The van der Waals surface area contributed by atoms with Crippen LogP contribution in [0.1, 0.15) is 0 Å². The van der Waals surface area contributed by atoms with Gasteiger partial charge in [-0.15, -0.1) is 0 Å². The van der Waals surface area contributed by atoms with Crippen LogP contribution in [-0.2, 0) is 0 Å². The minimum absolute atomic E-state index is 0.963. The molecule has 0 atom stereocenters. The normalized spacial score (nSPS) is 13.3. The second-order valence-electron chi connectivity index (χ2n) is 12.6. The molecule has 0 unspecified atom stereocenters. The number of benzene rings is 7. The van der Waals surface area contributed by atoms with Crippen LogP contribution in [0.25, 0.3) is 55.0 Å². The second-order valence-corrected chi connectivity index (χ2v) is 16.8. The van der Waals surface area contributed by atoms with Crippen LogP contribution in [0.3, 0.4) is 0 Å². The maximum absolute atomic E-state index is 6.33. The Morgan fingerprint density at radius 1 is 0.489 bits per heavy atom. The summed E-state index contributed by atoms with van der Waals surface area (Å²) in [5.74, 6) is 0. The standard InChI is InChI=1S/C42H31NOSi/c1-45(2)40-27-32(23-24-35(40)36-25-26-39-41(42(36)45)37-16-8-9-18-38(37)44-39)43(30-13-4-3-5-14-30)31-21-19-29(20-22-31)34-17-10-12-28-11-6-7-15-33(28)34/h3-27H,1-2H3. The zero-order chi connectivity index (χ0) is 30.1. The molecule has 0 N–H and O–H groups in total. The largest absolute Gasteiger partial charge is 0.456 e. The zero-order valence-corrected chi connectivity index (χ0v) is 26.3. The molecule has 214 valence electrons. The van der Waals surface area contributed by atoms with Gasteiger partial charge < -0.3 is 9.32 Å². The van der Waals surface area contributed by atoms with Gasteiger partial charge in [-0.1, -0.05) is 116 Å². The minimum atomic E-state index is -2.07. The fourth-order valence-electron chi connectivity index (χ4n) is 7.54. The molecule has 0 radical (unpaired) electrons. The Bertz CT molecular complexity index is 2400. The summed E-state index contributed by atoms with van der Waals surface area (Å²) in [5.41, 5.74) is 10.6. The fraction of sp³-hybridized carbons (Fsp3) is 0.0476. The monoisotopic (exact) mass is 593 g/mol. The lowest BCUT2D eigenvalue weighted by atomic mass is 9.98. The summed E-state index contributed by atoms with van der Waals surface area (Å²) >= 11 is 0. The molecule has 45 heavy (non-hydrogen) atoms. The quantitative estimate of drug-likeness (QED) is 0.189. The van der Waals surface area contributed by atoms with E-state index in [4.69, 9.17) is 4.42 Å². The van der Waals surface area contributed by atoms with E-state index in [2.05, 4.69) is 170 Å². The summed E-state index contributed by atoms with van der Waals surface area (Å²) in [5, 5.41) is 8.01. The molecule has 1 aromatic heterocycles. The van der Waals surface area contributed by atoms with Crippen molar-refractivity contribution in [1.29, 1.82) is 0 Å². The highest BCUT2D eigenvalue weighted by atomic mass is 28.3. The molecule has 9 rings (SSSR count).